The van der Waals surface area contributed by atoms with Gasteiger partial charge in [-0.2, -0.15) is 10.2 Å². The smallest absolute Gasteiger partial charge is 0.260 e. The number of carbonyl (C=O) groups excluding carboxylic acids is 1. The molecule has 140 valence electrons. The standard InChI is InChI=1S/C19H22N6O2/c1-12-6-8-25(9-7-12)16(26)11-27-14-4-2-13(3-5-14)17-15(10-20)18(21)24-19(22)23-17/h2-5,12H,6-9,11H2,1H3,(H4,21,22,23,24). The van der Waals surface area contributed by atoms with Crippen molar-refractivity contribution in [3.63, 3.8) is 0 Å². The lowest BCUT2D eigenvalue weighted by Crippen LogP contribution is -2.40. The zero-order chi connectivity index (χ0) is 19.4. The van der Waals surface area contributed by atoms with Gasteiger partial charge in [0, 0.05) is 18.7 Å². The van der Waals surface area contributed by atoms with Gasteiger partial charge in [-0.3, -0.25) is 4.79 Å². The van der Waals surface area contributed by atoms with Crippen LogP contribution >= 0.6 is 0 Å². The van der Waals surface area contributed by atoms with Crippen LogP contribution in [0.25, 0.3) is 11.3 Å². The van der Waals surface area contributed by atoms with E-state index < -0.39 is 0 Å². The SMILES string of the molecule is CC1CCN(C(=O)COc2ccc(-c3nc(N)nc(N)c3C#N)cc2)CC1. The third-order valence-corrected chi connectivity index (χ3v) is 4.69. The third-order valence-electron chi connectivity index (χ3n) is 4.69. The van der Waals surface area contributed by atoms with E-state index in [2.05, 4.69) is 16.9 Å². The Balaban J connectivity index is 1.66. The van der Waals surface area contributed by atoms with Gasteiger partial charge in [-0.05, 0) is 43.0 Å². The summed E-state index contributed by atoms with van der Waals surface area (Å²) in [6.45, 7) is 3.78. The molecule has 1 saturated heterocycles. The topological polar surface area (TPSA) is 131 Å². The number of ether oxygens (including phenoxy) is 1. The molecule has 2 heterocycles. The Bertz CT molecular complexity index is 867. The van der Waals surface area contributed by atoms with Crippen LogP contribution in [0.2, 0.25) is 0 Å². The highest BCUT2D eigenvalue weighted by Gasteiger charge is 2.20. The molecule has 1 aliphatic heterocycles. The number of hydrogen-bond donors (Lipinski definition) is 2. The van der Waals surface area contributed by atoms with Gasteiger partial charge in [0.2, 0.25) is 5.95 Å². The number of amides is 1. The number of nitrogen functional groups attached to an aromatic ring is 2. The number of benzene rings is 1. The lowest BCUT2D eigenvalue weighted by Gasteiger charge is -2.30. The zero-order valence-electron chi connectivity index (χ0n) is 15.2. The van der Waals surface area contributed by atoms with E-state index in [1.807, 2.05) is 11.0 Å². The van der Waals surface area contributed by atoms with Crippen LogP contribution in [0.1, 0.15) is 25.3 Å². The van der Waals surface area contributed by atoms with Crippen molar-refractivity contribution in [2.24, 2.45) is 5.92 Å². The number of likely N-dealkylation sites (tertiary alicyclic amines) is 1. The zero-order valence-corrected chi connectivity index (χ0v) is 15.2. The van der Waals surface area contributed by atoms with Gasteiger partial charge in [-0.15, -0.1) is 0 Å². The summed E-state index contributed by atoms with van der Waals surface area (Å²) in [6, 6.07) is 8.92. The molecule has 8 heteroatoms. The maximum atomic E-state index is 12.2. The molecule has 4 N–H and O–H groups in total. The number of nitriles is 1. The van der Waals surface area contributed by atoms with E-state index >= 15 is 0 Å². The lowest BCUT2D eigenvalue weighted by atomic mass is 9.99. The van der Waals surface area contributed by atoms with E-state index in [1.54, 1.807) is 24.3 Å². The van der Waals surface area contributed by atoms with Gasteiger partial charge in [0.15, 0.2) is 6.61 Å². The summed E-state index contributed by atoms with van der Waals surface area (Å²) in [4.78, 5) is 22.0. The quantitative estimate of drug-likeness (QED) is 0.843. The van der Waals surface area contributed by atoms with Crippen molar-refractivity contribution in [1.29, 1.82) is 5.26 Å². The first kappa shape index (κ1) is 18.5. The van der Waals surface area contributed by atoms with Crippen LogP contribution in [0, 0.1) is 17.2 Å². The number of rotatable bonds is 4. The average Bonchev–Trinajstić information content (AvgIpc) is 2.66. The Morgan fingerprint density at radius 3 is 2.56 bits per heavy atom. The molecule has 0 saturated carbocycles. The second-order valence-electron chi connectivity index (χ2n) is 6.68. The molecule has 1 aromatic heterocycles. The fourth-order valence-corrected chi connectivity index (χ4v) is 3.02. The molecule has 2 aromatic rings. The Morgan fingerprint density at radius 2 is 1.93 bits per heavy atom. The third kappa shape index (κ3) is 4.26. The van der Waals surface area contributed by atoms with Gasteiger partial charge >= 0.3 is 0 Å². The van der Waals surface area contributed by atoms with Crippen LogP contribution in [0.3, 0.4) is 0 Å². The largest absolute Gasteiger partial charge is 0.484 e. The molecule has 1 aliphatic rings. The molecule has 8 nitrogen and oxygen atoms in total. The predicted octanol–water partition coefficient (Wildman–Crippen LogP) is 1.82. The molecule has 1 fully saturated rings. The second-order valence-corrected chi connectivity index (χ2v) is 6.68. The number of anilines is 2. The highest BCUT2D eigenvalue weighted by Crippen LogP contribution is 2.27. The van der Waals surface area contributed by atoms with Crippen molar-refractivity contribution in [3.8, 4) is 23.1 Å². The first-order valence-corrected chi connectivity index (χ1v) is 8.82. The van der Waals surface area contributed by atoms with Gasteiger partial charge < -0.3 is 21.1 Å². The van der Waals surface area contributed by atoms with Crippen LogP contribution in [-0.2, 0) is 4.79 Å². The molecule has 0 aliphatic carbocycles. The first-order valence-electron chi connectivity index (χ1n) is 8.82. The van der Waals surface area contributed by atoms with Crippen molar-refractivity contribution in [3.05, 3.63) is 29.8 Å². The van der Waals surface area contributed by atoms with Gasteiger partial charge in [-0.1, -0.05) is 6.92 Å². The molecule has 0 bridgehead atoms. The predicted molar refractivity (Wildman–Crippen MR) is 101 cm³/mol. The Hall–Kier alpha value is -3.34. The summed E-state index contributed by atoms with van der Waals surface area (Å²) in [5.41, 5.74) is 12.6. The Labute approximate surface area is 157 Å². The van der Waals surface area contributed by atoms with Crippen molar-refractivity contribution < 1.29 is 9.53 Å². The molecule has 0 spiro atoms. The normalized spacial score (nSPS) is 14.6. The Morgan fingerprint density at radius 1 is 1.26 bits per heavy atom. The monoisotopic (exact) mass is 366 g/mol. The maximum absolute atomic E-state index is 12.2. The van der Waals surface area contributed by atoms with Gasteiger partial charge in [0.25, 0.3) is 5.91 Å². The number of hydrogen-bond acceptors (Lipinski definition) is 7. The van der Waals surface area contributed by atoms with Gasteiger partial charge in [-0.25, -0.2) is 4.98 Å². The number of carbonyl (C=O) groups is 1. The minimum absolute atomic E-state index is 0.00303. The molecule has 0 radical (unpaired) electrons. The van der Waals surface area contributed by atoms with E-state index in [0.29, 0.717) is 22.9 Å². The molecule has 1 amide bonds. The van der Waals surface area contributed by atoms with Gasteiger partial charge in [0.1, 0.15) is 23.2 Å². The Kier molecular flexibility index (Phi) is 5.41. The summed E-state index contributed by atoms with van der Waals surface area (Å²) in [7, 11) is 0. The first-order chi connectivity index (χ1) is 13.0. The van der Waals surface area contributed by atoms with Crippen molar-refractivity contribution in [1.82, 2.24) is 14.9 Å². The summed E-state index contributed by atoms with van der Waals surface area (Å²) >= 11 is 0. The summed E-state index contributed by atoms with van der Waals surface area (Å²) in [6.07, 6.45) is 2.07. The van der Waals surface area contributed by atoms with E-state index in [4.69, 9.17) is 16.2 Å². The lowest BCUT2D eigenvalue weighted by molar-refractivity contribution is -0.134. The molecular formula is C19H22N6O2. The second kappa shape index (κ2) is 7.91. The molecule has 0 unspecified atom stereocenters. The van der Waals surface area contributed by atoms with Crippen molar-refractivity contribution in [2.75, 3.05) is 31.2 Å². The number of piperidine rings is 1. The summed E-state index contributed by atoms with van der Waals surface area (Å²) in [5.74, 6) is 1.27. The maximum Gasteiger partial charge on any atom is 0.260 e. The fourth-order valence-electron chi connectivity index (χ4n) is 3.02. The average molecular weight is 366 g/mol. The summed E-state index contributed by atoms with van der Waals surface area (Å²) in [5, 5.41) is 9.27. The highest BCUT2D eigenvalue weighted by molar-refractivity contribution is 5.78. The highest BCUT2D eigenvalue weighted by atomic mass is 16.5. The summed E-state index contributed by atoms with van der Waals surface area (Å²) < 4.78 is 5.60. The number of aromatic nitrogens is 2. The van der Waals surface area contributed by atoms with Crippen molar-refractivity contribution >= 4 is 17.7 Å². The molecule has 1 aromatic carbocycles. The van der Waals surface area contributed by atoms with E-state index in [-0.39, 0.29) is 29.8 Å². The minimum atomic E-state index is -0.00547. The van der Waals surface area contributed by atoms with E-state index in [9.17, 15) is 10.1 Å². The van der Waals surface area contributed by atoms with Crippen LogP contribution in [0.4, 0.5) is 11.8 Å². The minimum Gasteiger partial charge on any atom is -0.484 e. The molecule has 27 heavy (non-hydrogen) atoms. The van der Waals surface area contributed by atoms with Crippen LogP contribution in [0.5, 0.6) is 5.75 Å². The van der Waals surface area contributed by atoms with Crippen LogP contribution in [0.15, 0.2) is 24.3 Å². The van der Waals surface area contributed by atoms with E-state index in [0.717, 1.165) is 25.9 Å². The molecule has 0 atom stereocenters. The molecule has 3 rings (SSSR count). The molecular weight excluding hydrogens is 344 g/mol. The van der Waals surface area contributed by atoms with Gasteiger partial charge in [0.05, 0.1) is 5.69 Å². The van der Waals surface area contributed by atoms with Crippen molar-refractivity contribution in [2.45, 2.75) is 19.8 Å². The number of nitrogens with zero attached hydrogens (tertiary/aromatic N) is 4. The van der Waals surface area contributed by atoms with E-state index in [1.165, 1.54) is 0 Å². The number of nitrogens with two attached hydrogens (primary N) is 2. The van der Waals surface area contributed by atoms with Crippen LogP contribution < -0.4 is 16.2 Å². The van der Waals surface area contributed by atoms with Crippen LogP contribution in [-0.4, -0.2) is 40.5 Å². The fraction of sp³-hybridized carbons (Fsp3) is 0.368.